The molecule has 1 heterocycles. The van der Waals surface area contributed by atoms with E-state index in [-0.39, 0.29) is 23.7 Å². The van der Waals surface area contributed by atoms with Gasteiger partial charge in [-0.1, -0.05) is 27.2 Å². The lowest BCUT2D eigenvalue weighted by atomic mass is 9.69. The molecule has 0 aromatic carbocycles. The largest absolute Gasteiger partial charge is 0.353 e. The number of hydrogen-bond donors (Lipinski definition) is 2. The van der Waals surface area contributed by atoms with Crippen LogP contribution in [0.4, 0.5) is 0 Å². The first-order valence-electron chi connectivity index (χ1n) is 8.39. The number of rotatable bonds is 4. The highest BCUT2D eigenvalue weighted by atomic mass is 35.5. The van der Waals surface area contributed by atoms with Gasteiger partial charge < -0.3 is 10.6 Å². The van der Waals surface area contributed by atoms with Gasteiger partial charge in [-0.25, -0.2) is 0 Å². The van der Waals surface area contributed by atoms with E-state index >= 15 is 0 Å². The highest BCUT2D eigenvalue weighted by Gasteiger charge is 2.38. The Kier molecular flexibility index (Phi) is 6.54. The van der Waals surface area contributed by atoms with Gasteiger partial charge in [-0.05, 0) is 56.9 Å². The van der Waals surface area contributed by atoms with Crippen molar-refractivity contribution in [2.75, 3.05) is 13.1 Å². The van der Waals surface area contributed by atoms with Crippen molar-refractivity contribution in [2.45, 2.75) is 72.3 Å². The van der Waals surface area contributed by atoms with E-state index in [1.54, 1.807) is 0 Å². The third-order valence-electron chi connectivity index (χ3n) is 6.00. The van der Waals surface area contributed by atoms with Crippen molar-refractivity contribution in [1.82, 2.24) is 10.6 Å². The van der Waals surface area contributed by atoms with E-state index in [1.807, 2.05) is 0 Å². The molecule has 0 spiro atoms. The molecule has 2 fully saturated rings. The molecule has 1 unspecified atom stereocenters. The fraction of sp³-hybridized carbons (Fsp3) is 0.941. The Morgan fingerprint density at radius 2 is 1.90 bits per heavy atom. The summed E-state index contributed by atoms with van der Waals surface area (Å²) in [5.41, 5.74) is 0.274. The molecule has 1 saturated carbocycles. The maximum atomic E-state index is 12.4. The Morgan fingerprint density at radius 3 is 2.38 bits per heavy atom. The van der Waals surface area contributed by atoms with Gasteiger partial charge in [0, 0.05) is 12.6 Å². The lowest BCUT2D eigenvalue weighted by molar-refractivity contribution is -0.130. The maximum absolute atomic E-state index is 12.4. The van der Waals surface area contributed by atoms with E-state index in [4.69, 9.17) is 0 Å². The van der Waals surface area contributed by atoms with Crippen LogP contribution in [0.5, 0.6) is 0 Å². The zero-order chi connectivity index (χ0) is 14.8. The Hall–Kier alpha value is -0.280. The Bertz CT molecular complexity index is 343. The number of nitrogens with one attached hydrogen (secondary N) is 2. The molecule has 2 N–H and O–H groups in total. The van der Waals surface area contributed by atoms with Gasteiger partial charge in [-0.2, -0.15) is 0 Å². The molecule has 1 amide bonds. The Morgan fingerprint density at radius 1 is 1.29 bits per heavy atom. The van der Waals surface area contributed by atoms with Crippen molar-refractivity contribution in [2.24, 2.45) is 16.7 Å². The smallest absolute Gasteiger partial charge is 0.227 e. The average molecular weight is 317 g/mol. The van der Waals surface area contributed by atoms with Gasteiger partial charge in [0.2, 0.25) is 5.91 Å². The van der Waals surface area contributed by atoms with Crippen LogP contribution < -0.4 is 10.6 Å². The average Bonchev–Trinajstić information content (AvgIpc) is 2.88. The van der Waals surface area contributed by atoms with Gasteiger partial charge in [0.1, 0.15) is 0 Å². The van der Waals surface area contributed by atoms with Crippen LogP contribution in [0.3, 0.4) is 0 Å². The number of carbonyl (C=O) groups is 1. The van der Waals surface area contributed by atoms with Crippen LogP contribution in [-0.2, 0) is 4.79 Å². The summed E-state index contributed by atoms with van der Waals surface area (Å²) >= 11 is 0. The minimum absolute atomic E-state index is 0. The molecule has 1 aliphatic carbocycles. The summed E-state index contributed by atoms with van der Waals surface area (Å²) in [6.07, 6.45) is 7.06. The van der Waals surface area contributed by atoms with E-state index in [9.17, 15) is 4.79 Å². The van der Waals surface area contributed by atoms with Gasteiger partial charge in [-0.15, -0.1) is 12.4 Å². The molecule has 2 rings (SSSR count). The second-order valence-electron chi connectivity index (χ2n) is 7.85. The Balaban J connectivity index is 0.00000220. The van der Waals surface area contributed by atoms with Crippen molar-refractivity contribution >= 4 is 18.3 Å². The van der Waals surface area contributed by atoms with Gasteiger partial charge in [0.25, 0.3) is 0 Å². The number of halogens is 1. The maximum Gasteiger partial charge on any atom is 0.227 e. The summed E-state index contributed by atoms with van der Waals surface area (Å²) in [5.74, 6) is 1.09. The molecule has 3 nitrogen and oxygen atoms in total. The van der Waals surface area contributed by atoms with Crippen LogP contribution >= 0.6 is 12.4 Å². The van der Waals surface area contributed by atoms with Crippen molar-refractivity contribution < 1.29 is 4.79 Å². The molecule has 4 heteroatoms. The zero-order valence-corrected chi connectivity index (χ0v) is 14.9. The molecule has 0 bridgehead atoms. The highest BCUT2D eigenvalue weighted by molar-refractivity contribution is 5.85. The zero-order valence-electron chi connectivity index (χ0n) is 14.1. The van der Waals surface area contributed by atoms with Crippen LogP contribution in [0.25, 0.3) is 0 Å². The quantitative estimate of drug-likeness (QED) is 0.833. The molecule has 0 aromatic rings. The van der Waals surface area contributed by atoms with E-state index in [0.717, 1.165) is 38.3 Å². The van der Waals surface area contributed by atoms with Crippen molar-refractivity contribution in [1.29, 1.82) is 0 Å². The van der Waals surface area contributed by atoms with Crippen LogP contribution in [-0.4, -0.2) is 25.0 Å². The Labute approximate surface area is 136 Å². The summed E-state index contributed by atoms with van der Waals surface area (Å²) in [7, 11) is 0. The molecule has 1 saturated heterocycles. The summed E-state index contributed by atoms with van der Waals surface area (Å²) < 4.78 is 0. The first-order valence-corrected chi connectivity index (χ1v) is 8.39. The fourth-order valence-electron chi connectivity index (χ4n) is 3.68. The molecular weight excluding hydrogens is 284 g/mol. The molecule has 0 aromatic heterocycles. The fourth-order valence-corrected chi connectivity index (χ4v) is 3.68. The van der Waals surface area contributed by atoms with Crippen LogP contribution in [0.2, 0.25) is 0 Å². The second kappa shape index (κ2) is 7.32. The molecule has 0 radical (unpaired) electrons. The first-order chi connectivity index (χ1) is 9.37. The van der Waals surface area contributed by atoms with Crippen molar-refractivity contribution in [3.63, 3.8) is 0 Å². The number of amides is 1. The summed E-state index contributed by atoms with van der Waals surface area (Å²) in [5, 5.41) is 6.62. The lowest BCUT2D eigenvalue weighted by Crippen LogP contribution is -2.47. The lowest BCUT2D eigenvalue weighted by Gasteiger charge is -2.39. The predicted molar refractivity (Wildman–Crippen MR) is 90.8 cm³/mol. The van der Waals surface area contributed by atoms with Gasteiger partial charge >= 0.3 is 0 Å². The van der Waals surface area contributed by atoms with Gasteiger partial charge in [-0.3, -0.25) is 4.79 Å². The minimum Gasteiger partial charge on any atom is -0.353 e. The van der Waals surface area contributed by atoms with E-state index in [2.05, 4.69) is 38.3 Å². The summed E-state index contributed by atoms with van der Waals surface area (Å²) in [4.78, 5) is 12.4. The monoisotopic (exact) mass is 316 g/mol. The molecule has 2 aliphatic rings. The highest BCUT2D eigenvalue weighted by Crippen LogP contribution is 2.40. The molecule has 21 heavy (non-hydrogen) atoms. The van der Waals surface area contributed by atoms with Crippen LogP contribution in [0.1, 0.15) is 66.2 Å². The third-order valence-corrected chi connectivity index (χ3v) is 6.00. The molecule has 124 valence electrons. The van der Waals surface area contributed by atoms with Crippen molar-refractivity contribution in [3.05, 3.63) is 0 Å². The number of carbonyl (C=O) groups excluding carboxylic acids is 1. The topological polar surface area (TPSA) is 41.1 Å². The SMILES string of the molecule is CCC(C)(C)C1CCC(NC(=O)C2(C)CCNC2)CC1.Cl. The third kappa shape index (κ3) is 4.35. The van der Waals surface area contributed by atoms with Crippen LogP contribution in [0, 0.1) is 16.7 Å². The van der Waals surface area contributed by atoms with Crippen molar-refractivity contribution in [3.8, 4) is 0 Å². The molecule has 1 atom stereocenters. The van der Waals surface area contributed by atoms with E-state index in [0.29, 0.717) is 11.5 Å². The standard InChI is InChI=1S/C17H32N2O.ClH/c1-5-16(2,3)13-6-8-14(9-7-13)19-15(20)17(4)10-11-18-12-17;/h13-14,18H,5-12H2,1-4H3,(H,19,20);1H. The van der Waals surface area contributed by atoms with Gasteiger partial charge in [0.15, 0.2) is 0 Å². The van der Waals surface area contributed by atoms with Crippen LogP contribution in [0.15, 0.2) is 0 Å². The molecule has 1 aliphatic heterocycles. The predicted octanol–water partition coefficient (Wildman–Crippen LogP) is 3.52. The normalized spacial score (nSPS) is 33.3. The molecular formula is C17H33ClN2O. The first kappa shape index (κ1) is 18.8. The second-order valence-corrected chi connectivity index (χ2v) is 7.85. The number of hydrogen-bond acceptors (Lipinski definition) is 2. The summed E-state index contributed by atoms with van der Waals surface area (Å²) in [6, 6.07) is 0.406. The van der Waals surface area contributed by atoms with Gasteiger partial charge in [0.05, 0.1) is 5.41 Å². The van der Waals surface area contributed by atoms with E-state index < -0.39 is 0 Å². The minimum atomic E-state index is -0.181. The summed E-state index contributed by atoms with van der Waals surface area (Å²) in [6.45, 7) is 11.0. The van der Waals surface area contributed by atoms with E-state index in [1.165, 1.54) is 19.3 Å².